The number of anilines is 2. The second kappa shape index (κ2) is 7.86. The summed E-state index contributed by atoms with van der Waals surface area (Å²) in [4.78, 5) is 12.8. The van der Waals surface area contributed by atoms with Crippen LogP contribution in [0.3, 0.4) is 0 Å². The van der Waals surface area contributed by atoms with Gasteiger partial charge in [0.05, 0.1) is 11.6 Å². The highest BCUT2D eigenvalue weighted by atomic mass is 32.2. The third-order valence-electron chi connectivity index (χ3n) is 4.65. The molecule has 0 aromatic heterocycles. The molecular formula is C19H23FN4O3S. The van der Waals surface area contributed by atoms with Crippen LogP contribution >= 0.6 is 0 Å². The predicted molar refractivity (Wildman–Crippen MR) is 106 cm³/mol. The molecule has 0 spiro atoms. The molecular weight excluding hydrogens is 383 g/mol. The van der Waals surface area contributed by atoms with Crippen molar-refractivity contribution in [3.05, 3.63) is 59.4 Å². The SMILES string of the molecule is Cc1ccc(NS(=O)(=O)C2NNC(C)C2C(=O)Nc2ccc(C)cc2F)cc1. The van der Waals surface area contributed by atoms with Gasteiger partial charge in [-0.2, -0.15) is 0 Å². The van der Waals surface area contributed by atoms with Crippen LogP contribution in [0.15, 0.2) is 42.5 Å². The summed E-state index contributed by atoms with van der Waals surface area (Å²) >= 11 is 0. The number of nitrogens with one attached hydrogen (secondary N) is 4. The topological polar surface area (TPSA) is 99.3 Å². The van der Waals surface area contributed by atoms with E-state index in [0.29, 0.717) is 5.69 Å². The number of carbonyl (C=O) groups excluding carboxylic acids is 1. The van der Waals surface area contributed by atoms with Crippen molar-refractivity contribution in [2.75, 3.05) is 10.0 Å². The lowest BCUT2D eigenvalue weighted by Gasteiger charge is -2.21. The van der Waals surface area contributed by atoms with E-state index in [1.807, 2.05) is 6.92 Å². The lowest BCUT2D eigenvalue weighted by molar-refractivity contribution is -0.119. The van der Waals surface area contributed by atoms with Gasteiger partial charge in [0.15, 0.2) is 5.37 Å². The molecule has 1 aliphatic heterocycles. The summed E-state index contributed by atoms with van der Waals surface area (Å²) in [6.45, 7) is 5.32. The Bertz CT molecular complexity index is 979. The molecule has 0 saturated carbocycles. The maximum absolute atomic E-state index is 14.1. The number of amides is 1. The lowest BCUT2D eigenvalue weighted by atomic mass is 10.0. The van der Waals surface area contributed by atoms with Gasteiger partial charge in [-0.15, -0.1) is 0 Å². The Morgan fingerprint density at radius 2 is 1.68 bits per heavy atom. The van der Waals surface area contributed by atoms with Crippen molar-refractivity contribution in [2.24, 2.45) is 5.92 Å². The van der Waals surface area contributed by atoms with Crippen molar-refractivity contribution in [3.8, 4) is 0 Å². The maximum atomic E-state index is 14.1. The molecule has 2 aromatic rings. The fourth-order valence-corrected chi connectivity index (χ4v) is 4.64. The van der Waals surface area contributed by atoms with Crippen molar-refractivity contribution in [1.82, 2.24) is 10.9 Å². The van der Waals surface area contributed by atoms with Crippen molar-refractivity contribution < 1.29 is 17.6 Å². The molecule has 1 saturated heterocycles. The average molecular weight is 406 g/mol. The van der Waals surface area contributed by atoms with Crippen LogP contribution in [-0.2, 0) is 14.8 Å². The van der Waals surface area contributed by atoms with Crippen molar-refractivity contribution >= 4 is 27.3 Å². The largest absolute Gasteiger partial charge is 0.323 e. The minimum atomic E-state index is -3.94. The third kappa shape index (κ3) is 4.32. The van der Waals surface area contributed by atoms with Crippen LogP contribution in [0.5, 0.6) is 0 Å². The predicted octanol–water partition coefficient (Wildman–Crippen LogP) is 2.26. The number of hydrogen-bond acceptors (Lipinski definition) is 5. The fraction of sp³-hybridized carbons (Fsp3) is 0.316. The molecule has 3 rings (SSSR count). The Hall–Kier alpha value is -2.49. The molecule has 28 heavy (non-hydrogen) atoms. The van der Waals surface area contributed by atoms with E-state index in [-0.39, 0.29) is 5.69 Å². The van der Waals surface area contributed by atoms with E-state index in [1.165, 1.54) is 12.1 Å². The second-order valence-electron chi connectivity index (χ2n) is 7.01. The first kappa shape index (κ1) is 20.2. The Labute approximate surface area is 163 Å². The number of rotatable bonds is 5. The van der Waals surface area contributed by atoms with E-state index in [2.05, 4.69) is 20.9 Å². The highest BCUT2D eigenvalue weighted by molar-refractivity contribution is 7.93. The van der Waals surface area contributed by atoms with E-state index in [1.54, 1.807) is 44.2 Å². The summed E-state index contributed by atoms with van der Waals surface area (Å²) in [6.07, 6.45) is 0. The Morgan fingerprint density at radius 3 is 2.32 bits per heavy atom. The van der Waals surface area contributed by atoms with Crippen LogP contribution in [0.2, 0.25) is 0 Å². The van der Waals surface area contributed by atoms with Crippen LogP contribution in [0.25, 0.3) is 0 Å². The van der Waals surface area contributed by atoms with E-state index in [4.69, 9.17) is 0 Å². The molecule has 0 radical (unpaired) electrons. The summed E-state index contributed by atoms with van der Waals surface area (Å²) in [6, 6.07) is 10.8. The van der Waals surface area contributed by atoms with E-state index in [0.717, 1.165) is 11.1 Å². The van der Waals surface area contributed by atoms with Crippen LogP contribution in [0.4, 0.5) is 15.8 Å². The number of sulfonamides is 1. The maximum Gasteiger partial charge on any atom is 0.250 e. The van der Waals surface area contributed by atoms with Crippen molar-refractivity contribution in [1.29, 1.82) is 0 Å². The van der Waals surface area contributed by atoms with E-state index >= 15 is 0 Å². The highest BCUT2D eigenvalue weighted by Gasteiger charge is 2.46. The average Bonchev–Trinajstić information content (AvgIpc) is 3.02. The summed E-state index contributed by atoms with van der Waals surface area (Å²) < 4.78 is 42.2. The molecule has 7 nitrogen and oxygen atoms in total. The third-order valence-corrected chi connectivity index (χ3v) is 6.25. The quantitative estimate of drug-likeness (QED) is 0.611. The monoisotopic (exact) mass is 406 g/mol. The van der Waals surface area contributed by atoms with Crippen LogP contribution in [0.1, 0.15) is 18.1 Å². The van der Waals surface area contributed by atoms with Gasteiger partial charge >= 0.3 is 0 Å². The molecule has 150 valence electrons. The van der Waals surface area contributed by atoms with Gasteiger partial charge in [0.25, 0.3) is 10.0 Å². The Balaban J connectivity index is 1.80. The number of carbonyl (C=O) groups is 1. The molecule has 1 amide bonds. The second-order valence-corrected chi connectivity index (χ2v) is 8.81. The standard InChI is InChI=1S/C19H23FN4O3S/c1-11-4-7-14(8-5-11)24-28(26,27)19-17(13(3)22-23-19)18(25)21-16-9-6-12(2)10-15(16)20/h4-10,13,17,19,22-24H,1-3H3,(H,21,25). The summed E-state index contributed by atoms with van der Waals surface area (Å²) in [5, 5.41) is 1.27. The first-order valence-corrected chi connectivity index (χ1v) is 10.4. The molecule has 3 atom stereocenters. The number of hydrazine groups is 1. The van der Waals surface area contributed by atoms with Gasteiger partial charge in [-0.1, -0.05) is 23.8 Å². The summed E-state index contributed by atoms with van der Waals surface area (Å²) in [5.74, 6) is -2.13. The van der Waals surface area contributed by atoms with E-state index < -0.39 is 39.1 Å². The smallest absolute Gasteiger partial charge is 0.250 e. The lowest BCUT2D eigenvalue weighted by Crippen LogP contribution is -2.45. The van der Waals surface area contributed by atoms with Gasteiger partial charge in [0, 0.05) is 11.7 Å². The normalized spacial score (nSPS) is 22.1. The number of halogens is 1. The zero-order chi connectivity index (χ0) is 20.5. The number of benzene rings is 2. The summed E-state index contributed by atoms with van der Waals surface area (Å²) in [5.41, 5.74) is 7.57. The first-order chi connectivity index (χ1) is 13.2. The number of aryl methyl sites for hydroxylation is 2. The zero-order valence-electron chi connectivity index (χ0n) is 15.8. The minimum Gasteiger partial charge on any atom is -0.323 e. The van der Waals surface area contributed by atoms with Gasteiger partial charge < -0.3 is 5.32 Å². The minimum absolute atomic E-state index is 0.0114. The fourth-order valence-electron chi connectivity index (χ4n) is 3.08. The summed E-state index contributed by atoms with van der Waals surface area (Å²) in [7, 11) is -3.94. The zero-order valence-corrected chi connectivity index (χ0v) is 16.6. The van der Waals surface area contributed by atoms with E-state index in [9.17, 15) is 17.6 Å². The Kier molecular flexibility index (Phi) is 5.69. The first-order valence-electron chi connectivity index (χ1n) is 8.84. The van der Waals surface area contributed by atoms with Gasteiger partial charge in [-0.25, -0.2) is 18.2 Å². The molecule has 1 aliphatic rings. The Morgan fingerprint density at radius 1 is 1.04 bits per heavy atom. The van der Waals surface area contributed by atoms with Crippen LogP contribution in [-0.4, -0.2) is 25.7 Å². The molecule has 3 unspecified atom stereocenters. The highest BCUT2D eigenvalue weighted by Crippen LogP contribution is 2.25. The molecule has 1 fully saturated rings. The van der Waals surface area contributed by atoms with Crippen LogP contribution in [0, 0.1) is 25.6 Å². The molecule has 0 bridgehead atoms. The van der Waals surface area contributed by atoms with Crippen LogP contribution < -0.4 is 20.9 Å². The van der Waals surface area contributed by atoms with Gasteiger partial charge in [0.1, 0.15) is 5.82 Å². The molecule has 4 N–H and O–H groups in total. The van der Waals surface area contributed by atoms with Gasteiger partial charge in [0.2, 0.25) is 5.91 Å². The number of hydrogen-bond donors (Lipinski definition) is 4. The van der Waals surface area contributed by atoms with Gasteiger partial charge in [-0.3, -0.25) is 14.9 Å². The molecule has 9 heteroatoms. The van der Waals surface area contributed by atoms with Crippen molar-refractivity contribution in [2.45, 2.75) is 32.2 Å². The van der Waals surface area contributed by atoms with Gasteiger partial charge in [-0.05, 0) is 50.6 Å². The molecule has 0 aliphatic carbocycles. The molecule has 1 heterocycles. The van der Waals surface area contributed by atoms with Crippen molar-refractivity contribution in [3.63, 3.8) is 0 Å². The molecule has 2 aromatic carbocycles.